The molecule has 0 aliphatic rings. The Morgan fingerprint density at radius 3 is 2.63 bits per heavy atom. The summed E-state index contributed by atoms with van der Waals surface area (Å²) in [6, 6.07) is 9.45. The van der Waals surface area contributed by atoms with Crippen molar-refractivity contribution in [3.8, 4) is 0 Å². The molecule has 5 heteroatoms. The molecule has 1 heterocycles. The largest absolute Gasteiger partial charge is 0.326 e. The van der Waals surface area contributed by atoms with E-state index in [2.05, 4.69) is 15.6 Å². The zero-order valence-corrected chi connectivity index (χ0v) is 11.4. The van der Waals surface area contributed by atoms with Gasteiger partial charge in [0.2, 0.25) is 5.91 Å². The predicted octanol–water partition coefficient (Wildman–Crippen LogP) is 2.26. The van der Waals surface area contributed by atoms with Crippen molar-refractivity contribution in [2.45, 2.75) is 26.2 Å². The van der Waals surface area contributed by atoms with Crippen LogP contribution in [0.2, 0.25) is 0 Å². The number of carbonyl (C=O) groups is 1. The lowest BCUT2D eigenvalue weighted by Gasteiger charge is -2.10. The summed E-state index contributed by atoms with van der Waals surface area (Å²) in [4.78, 5) is 11.9. The molecular formula is C14H18N4O. The molecule has 1 amide bonds. The van der Waals surface area contributed by atoms with Crippen LogP contribution in [-0.2, 0) is 11.8 Å². The van der Waals surface area contributed by atoms with E-state index in [1.54, 1.807) is 4.68 Å². The average Bonchev–Trinajstić information content (AvgIpc) is 2.71. The highest BCUT2D eigenvalue weighted by molar-refractivity contribution is 5.91. The predicted molar refractivity (Wildman–Crippen MR) is 73.8 cm³/mol. The number of aromatic nitrogens is 3. The molecule has 1 atom stereocenters. The second-order valence-corrected chi connectivity index (χ2v) is 4.70. The van der Waals surface area contributed by atoms with E-state index >= 15 is 0 Å². The molecule has 100 valence electrons. The van der Waals surface area contributed by atoms with Gasteiger partial charge in [-0.1, -0.05) is 30.3 Å². The summed E-state index contributed by atoms with van der Waals surface area (Å²) >= 11 is 0. The molecule has 2 rings (SSSR count). The second-order valence-electron chi connectivity index (χ2n) is 4.70. The molecule has 0 radical (unpaired) electrons. The summed E-state index contributed by atoms with van der Waals surface area (Å²) in [6.45, 7) is 3.95. The van der Waals surface area contributed by atoms with Crippen LogP contribution in [0.3, 0.4) is 0 Å². The normalized spacial score (nSPS) is 12.2. The second kappa shape index (κ2) is 5.65. The first-order valence-corrected chi connectivity index (χ1v) is 6.29. The molecular weight excluding hydrogens is 240 g/mol. The summed E-state index contributed by atoms with van der Waals surface area (Å²) in [5.41, 5.74) is 2.70. The number of anilines is 1. The Hall–Kier alpha value is -2.17. The zero-order chi connectivity index (χ0) is 13.8. The summed E-state index contributed by atoms with van der Waals surface area (Å²) in [7, 11) is 1.85. The number of nitrogens with zero attached hydrogens (tertiary/aromatic N) is 3. The lowest BCUT2D eigenvalue weighted by atomic mass is 10.0. The topological polar surface area (TPSA) is 59.8 Å². The number of carbonyl (C=O) groups excluding carboxylic acids is 1. The quantitative estimate of drug-likeness (QED) is 0.915. The highest BCUT2D eigenvalue weighted by atomic mass is 16.1. The van der Waals surface area contributed by atoms with E-state index < -0.39 is 0 Å². The van der Waals surface area contributed by atoms with Gasteiger partial charge >= 0.3 is 0 Å². The molecule has 0 aliphatic carbocycles. The van der Waals surface area contributed by atoms with Crippen LogP contribution in [0.25, 0.3) is 0 Å². The number of para-hydroxylation sites is 1. The van der Waals surface area contributed by atoms with Gasteiger partial charge in [-0.25, -0.2) is 0 Å². The van der Waals surface area contributed by atoms with Gasteiger partial charge in [-0.15, -0.1) is 5.10 Å². The van der Waals surface area contributed by atoms with Gasteiger partial charge < -0.3 is 5.32 Å². The number of aryl methyl sites for hydroxylation is 1. The highest BCUT2D eigenvalue weighted by Gasteiger charge is 2.17. The fourth-order valence-corrected chi connectivity index (χ4v) is 1.98. The van der Waals surface area contributed by atoms with E-state index in [-0.39, 0.29) is 11.8 Å². The van der Waals surface area contributed by atoms with Crippen LogP contribution in [0.4, 0.5) is 5.69 Å². The number of amides is 1. The smallest absolute Gasteiger partial charge is 0.225 e. The molecule has 19 heavy (non-hydrogen) atoms. The third-order valence-corrected chi connectivity index (χ3v) is 3.16. The van der Waals surface area contributed by atoms with Crippen molar-refractivity contribution in [2.75, 3.05) is 5.32 Å². The molecule has 0 bridgehead atoms. The molecule has 0 fully saturated rings. The van der Waals surface area contributed by atoms with Crippen LogP contribution >= 0.6 is 0 Å². The minimum absolute atomic E-state index is 0.0104. The van der Waals surface area contributed by atoms with Crippen molar-refractivity contribution in [1.29, 1.82) is 0 Å². The Bertz CT molecular complexity index is 562. The summed E-state index contributed by atoms with van der Waals surface area (Å²) in [6.07, 6.45) is 0.397. The number of benzene rings is 1. The first kappa shape index (κ1) is 13.3. The van der Waals surface area contributed by atoms with Gasteiger partial charge in [0.25, 0.3) is 0 Å². The lowest BCUT2D eigenvalue weighted by Crippen LogP contribution is -2.15. The van der Waals surface area contributed by atoms with Crippen molar-refractivity contribution in [2.24, 2.45) is 7.05 Å². The summed E-state index contributed by atoms with van der Waals surface area (Å²) in [5, 5.41) is 10.9. The van der Waals surface area contributed by atoms with Crippen molar-refractivity contribution < 1.29 is 4.79 Å². The van der Waals surface area contributed by atoms with Gasteiger partial charge in [-0.05, 0) is 19.1 Å². The van der Waals surface area contributed by atoms with Crippen molar-refractivity contribution in [3.05, 3.63) is 41.7 Å². The summed E-state index contributed by atoms with van der Waals surface area (Å²) < 4.78 is 1.72. The van der Waals surface area contributed by atoms with Gasteiger partial charge in [-0.3, -0.25) is 9.48 Å². The van der Waals surface area contributed by atoms with Crippen LogP contribution in [0, 0.1) is 6.92 Å². The number of rotatable bonds is 4. The monoisotopic (exact) mass is 258 g/mol. The third-order valence-electron chi connectivity index (χ3n) is 3.16. The van der Waals surface area contributed by atoms with Crippen molar-refractivity contribution in [3.63, 3.8) is 0 Å². The average molecular weight is 258 g/mol. The van der Waals surface area contributed by atoms with Crippen LogP contribution in [0.15, 0.2) is 30.3 Å². The first-order chi connectivity index (χ1) is 9.08. The fourth-order valence-electron chi connectivity index (χ4n) is 1.98. The molecule has 0 saturated heterocycles. The Kier molecular flexibility index (Phi) is 3.94. The molecule has 2 aromatic rings. The Labute approximate surface area is 112 Å². The maximum Gasteiger partial charge on any atom is 0.225 e. The Balaban J connectivity index is 1.97. The molecule has 0 aliphatic heterocycles. The Morgan fingerprint density at radius 2 is 2.05 bits per heavy atom. The van der Waals surface area contributed by atoms with Crippen LogP contribution in [0.1, 0.15) is 30.7 Å². The van der Waals surface area contributed by atoms with Gasteiger partial charge in [0.1, 0.15) is 0 Å². The van der Waals surface area contributed by atoms with Crippen LogP contribution in [-0.4, -0.2) is 20.9 Å². The molecule has 5 nitrogen and oxygen atoms in total. The Morgan fingerprint density at radius 1 is 1.37 bits per heavy atom. The van der Waals surface area contributed by atoms with Crippen LogP contribution in [0.5, 0.6) is 0 Å². The van der Waals surface area contributed by atoms with Crippen molar-refractivity contribution >= 4 is 11.6 Å². The van der Waals surface area contributed by atoms with Gasteiger partial charge in [0, 0.05) is 25.1 Å². The maximum atomic E-state index is 11.9. The van der Waals surface area contributed by atoms with E-state index in [4.69, 9.17) is 0 Å². The molecule has 0 unspecified atom stereocenters. The van der Waals surface area contributed by atoms with Gasteiger partial charge in [-0.2, -0.15) is 0 Å². The molecule has 1 aromatic heterocycles. The number of hydrogen-bond acceptors (Lipinski definition) is 3. The maximum absolute atomic E-state index is 11.9. The molecule has 0 spiro atoms. The van der Waals surface area contributed by atoms with E-state index in [0.29, 0.717) is 6.42 Å². The summed E-state index contributed by atoms with van der Waals surface area (Å²) in [5.74, 6) is 0.0427. The third kappa shape index (κ3) is 3.19. The minimum Gasteiger partial charge on any atom is -0.326 e. The lowest BCUT2D eigenvalue weighted by molar-refractivity contribution is -0.116. The first-order valence-electron chi connectivity index (χ1n) is 6.29. The molecule has 0 saturated carbocycles. The zero-order valence-electron chi connectivity index (χ0n) is 11.4. The SMILES string of the molecule is Cc1c([C@H](C)CC(=O)Nc2ccccc2)nnn1C. The number of hydrogen-bond donors (Lipinski definition) is 1. The highest BCUT2D eigenvalue weighted by Crippen LogP contribution is 2.20. The molecule has 1 aromatic carbocycles. The van der Waals surface area contributed by atoms with E-state index in [0.717, 1.165) is 17.1 Å². The standard InChI is InChI=1S/C14H18N4O/c1-10(14-11(2)18(3)17-16-14)9-13(19)15-12-7-5-4-6-8-12/h4-8,10H,9H2,1-3H3,(H,15,19)/t10-/m1/s1. The molecule has 1 N–H and O–H groups in total. The van der Waals surface area contributed by atoms with E-state index in [9.17, 15) is 4.79 Å². The van der Waals surface area contributed by atoms with Gasteiger partial charge in [0.05, 0.1) is 11.4 Å². The van der Waals surface area contributed by atoms with E-state index in [1.807, 2.05) is 51.2 Å². The van der Waals surface area contributed by atoms with Crippen LogP contribution < -0.4 is 5.32 Å². The van der Waals surface area contributed by atoms with E-state index in [1.165, 1.54) is 0 Å². The van der Waals surface area contributed by atoms with Gasteiger partial charge in [0.15, 0.2) is 0 Å². The van der Waals surface area contributed by atoms with Crippen molar-refractivity contribution in [1.82, 2.24) is 15.0 Å². The minimum atomic E-state index is -0.0104. The fraction of sp³-hybridized carbons (Fsp3) is 0.357. The number of nitrogens with one attached hydrogen (secondary N) is 1.